The second kappa shape index (κ2) is 10.3. The van der Waals surface area contributed by atoms with Crippen molar-refractivity contribution in [1.82, 2.24) is 0 Å². The van der Waals surface area contributed by atoms with Gasteiger partial charge in [0.1, 0.15) is 6.61 Å². The minimum atomic E-state index is -0.973. The van der Waals surface area contributed by atoms with Crippen molar-refractivity contribution in [2.75, 3.05) is 6.61 Å². The number of ether oxygens (including phenoxy) is 2. The summed E-state index contributed by atoms with van der Waals surface area (Å²) in [6, 6.07) is 15.6. The first-order chi connectivity index (χ1) is 14.9. The average Bonchev–Trinajstić information content (AvgIpc) is 2.74. The highest BCUT2D eigenvalue weighted by atomic mass is 35.5. The molecule has 3 aromatic carbocycles. The maximum Gasteiger partial charge on any atom is 0.335 e. The second-order valence-corrected chi connectivity index (χ2v) is 7.51. The topological polar surface area (TPSA) is 68.1 Å². The summed E-state index contributed by atoms with van der Waals surface area (Å²) in [6.07, 6.45) is 1.70. The number of aliphatic imine (C=N–C) groups is 1. The molecule has 0 aromatic heterocycles. The van der Waals surface area contributed by atoms with Gasteiger partial charge in [-0.15, -0.1) is 0 Å². The largest absolute Gasteiger partial charge is 0.490 e. The lowest BCUT2D eigenvalue weighted by molar-refractivity contribution is 0.0697. The Morgan fingerprint density at radius 3 is 2.48 bits per heavy atom. The van der Waals surface area contributed by atoms with Gasteiger partial charge in [-0.25, -0.2) is 4.79 Å². The molecule has 0 unspecified atom stereocenters. The van der Waals surface area contributed by atoms with E-state index >= 15 is 0 Å². The van der Waals surface area contributed by atoms with Crippen LogP contribution in [0.5, 0.6) is 11.5 Å². The Hall–Kier alpha value is -3.02. The van der Waals surface area contributed by atoms with Crippen molar-refractivity contribution >= 4 is 41.1 Å². The molecule has 0 saturated heterocycles. The lowest BCUT2D eigenvalue weighted by Gasteiger charge is -2.14. The first-order valence-corrected chi connectivity index (χ1v) is 10.3. The fourth-order valence-electron chi connectivity index (χ4n) is 2.84. The van der Waals surface area contributed by atoms with Crippen molar-refractivity contribution in [3.8, 4) is 11.5 Å². The predicted octanol–water partition coefficient (Wildman–Crippen LogP) is 6.73. The third-order valence-corrected chi connectivity index (χ3v) is 5.20. The molecule has 3 rings (SSSR count). The van der Waals surface area contributed by atoms with Crippen molar-refractivity contribution in [2.24, 2.45) is 4.99 Å². The van der Waals surface area contributed by atoms with Gasteiger partial charge in [0, 0.05) is 11.2 Å². The third-order valence-electron chi connectivity index (χ3n) is 4.51. The monoisotopic (exact) mass is 457 g/mol. The number of carboxylic acid groups (broad SMARTS) is 1. The van der Waals surface area contributed by atoms with E-state index in [0.717, 1.165) is 22.4 Å². The first kappa shape index (κ1) is 22.7. The SMILES string of the molecule is CCOc1cc(C=Nc2cccc(Cl)c2C)cc(Cl)c1OCc1ccc(C(=O)O)cc1. The van der Waals surface area contributed by atoms with E-state index in [9.17, 15) is 4.79 Å². The highest BCUT2D eigenvalue weighted by molar-refractivity contribution is 6.32. The molecule has 0 saturated carbocycles. The van der Waals surface area contributed by atoms with Gasteiger partial charge in [-0.1, -0.05) is 41.4 Å². The van der Waals surface area contributed by atoms with Crippen LogP contribution in [0.15, 0.2) is 59.6 Å². The number of benzene rings is 3. The Morgan fingerprint density at radius 1 is 1.06 bits per heavy atom. The standard InChI is InChI=1S/C24H21Cl2NO4/c1-3-30-22-12-17(13-27-21-6-4-5-19(25)15(21)2)11-20(26)23(22)31-14-16-7-9-18(10-8-16)24(28)29/h4-13H,3,14H2,1-2H3,(H,28,29). The Morgan fingerprint density at radius 2 is 1.81 bits per heavy atom. The van der Waals surface area contributed by atoms with E-state index in [0.29, 0.717) is 28.2 Å². The summed E-state index contributed by atoms with van der Waals surface area (Å²) in [5.41, 5.74) is 3.45. The summed E-state index contributed by atoms with van der Waals surface area (Å²) in [5, 5.41) is 10.0. The summed E-state index contributed by atoms with van der Waals surface area (Å²) in [7, 11) is 0. The zero-order chi connectivity index (χ0) is 22.4. The molecule has 31 heavy (non-hydrogen) atoms. The molecule has 0 amide bonds. The number of carbonyl (C=O) groups is 1. The van der Waals surface area contributed by atoms with Crippen LogP contribution in [-0.4, -0.2) is 23.9 Å². The van der Waals surface area contributed by atoms with Crippen LogP contribution in [0.3, 0.4) is 0 Å². The van der Waals surface area contributed by atoms with Crippen LogP contribution in [-0.2, 0) is 6.61 Å². The molecular weight excluding hydrogens is 437 g/mol. The molecule has 0 fully saturated rings. The molecule has 160 valence electrons. The maximum absolute atomic E-state index is 11.0. The van der Waals surface area contributed by atoms with Gasteiger partial charge in [-0.3, -0.25) is 4.99 Å². The Balaban J connectivity index is 1.82. The van der Waals surface area contributed by atoms with Gasteiger partial charge in [0.05, 0.1) is 22.9 Å². The quantitative estimate of drug-likeness (QED) is 0.380. The van der Waals surface area contributed by atoms with E-state index in [1.54, 1.807) is 24.4 Å². The van der Waals surface area contributed by atoms with E-state index in [-0.39, 0.29) is 12.2 Å². The van der Waals surface area contributed by atoms with Gasteiger partial charge >= 0.3 is 5.97 Å². The zero-order valence-corrected chi connectivity index (χ0v) is 18.6. The van der Waals surface area contributed by atoms with E-state index in [1.807, 2.05) is 38.1 Å². The number of hydrogen-bond donors (Lipinski definition) is 1. The Bertz CT molecular complexity index is 1110. The van der Waals surface area contributed by atoms with Crippen LogP contribution in [0.25, 0.3) is 0 Å². The fraction of sp³-hybridized carbons (Fsp3) is 0.167. The summed E-state index contributed by atoms with van der Waals surface area (Å²) < 4.78 is 11.6. The number of carboxylic acids is 1. The number of aromatic carboxylic acids is 1. The highest BCUT2D eigenvalue weighted by Crippen LogP contribution is 2.37. The second-order valence-electron chi connectivity index (χ2n) is 6.70. The summed E-state index contributed by atoms with van der Waals surface area (Å²) in [6.45, 7) is 4.44. The van der Waals surface area contributed by atoms with Crippen LogP contribution in [0.2, 0.25) is 10.0 Å². The van der Waals surface area contributed by atoms with Gasteiger partial charge < -0.3 is 14.6 Å². The van der Waals surface area contributed by atoms with Crippen molar-refractivity contribution < 1.29 is 19.4 Å². The average molecular weight is 458 g/mol. The van der Waals surface area contributed by atoms with Crippen molar-refractivity contribution in [3.05, 3.63) is 86.9 Å². The number of rotatable bonds is 8. The summed E-state index contributed by atoms with van der Waals surface area (Å²) in [4.78, 5) is 15.5. The van der Waals surface area contributed by atoms with E-state index in [2.05, 4.69) is 4.99 Å². The number of nitrogens with zero attached hydrogens (tertiary/aromatic N) is 1. The van der Waals surface area contributed by atoms with E-state index in [1.165, 1.54) is 12.1 Å². The maximum atomic E-state index is 11.0. The van der Waals surface area contributed by atoms with Crippen molar-refractivity contribution in [3.63, 3.8) is 0 Å². The molecule has 0 bridgehead atoms. The molecule has 3 aromatic rings. The molecule has 0 aliphatic rings. The van der Waals surface area contributed by atoms with Gasteiger partial charge in [-0.2, -0.15) is 0 Å². The molecule has 1 N–H and O–H groups in total. The van der Waals surface area contributed by atoms with Crippen LogP contribution < -0.4 is 9.47 Å². The zero-order valence-electron chi connectivity index (χ0n) is 17.1. The lowest BCUT2D eigenvalue weighted by atomic mass is 10.1. The van der Waals surface area contributed by atoms with Crippen LogP contribution in [0.4, 0.5) is 5.69 Å². The minimum Gasteiger partial charge on any atom is -0.490 e. The van der Waals surface area contributed by atoms with E-state index < -0.39 is 5.97 Å². The van der Waals surface area contributed by atoms with E-state index in [4.69, 9.17) is 37.8 Å². The summed E-state index contributed by atoms with van der Waals surface area (Å²) >= 11 is 12.6. The molecule has 0 aliphatic heterocycles. The van der Waals surface area contributed by atoms with Gasteiger partial charge in [0.2, 0.25) is 0 Å². The molecular formula is C24H21Cl2NO4. The predicted molar refractivity (Wildman–Crippen MR) is 124 cm³/mol. The Kier molecular flexibility index (Phi) is 7.55. The smallest absolute Gasteiger partial charge is 0.335 e. The molecule has 0 radical (unpaired) electrons. The van der Waals surface area contributed by atoms with Crippen LogP contribution in [0, 0.1) is 6.92 Å². The van der Waals surface area contributed by atoms with Crippen molar-refractivity contribution in [2.45, 2.75) is 20.5 Å². The fourth-order valence-corrected chi connectivity index (χ4v) is 3.29. The highest BCUT2D eigenvalue weighted by Gasteiger charge is 2.13. The first-order valence-electron chi connectivity index (χ1n) is 9.59. The van der Waals surface area contributed by atoms with Crippen molar-refractivity contribution in [1.29, 1.82) is 0 Å². The summed E-state index contributed by atoms with van der Waals surface area (Å²) in [5.74, 6) is -0.0531. The molecule has 0 aliphatic carbocycles. The van der Waals surface area contributed by atoms with Crippen LogP contribution in [0.1, 0.15) is 34.0 Å². The molecule has 0 atom stereocenters. The normalized spacial score (nSPS) is 11.0. The molecule has 5 nitrogen and oxygen atoms in total. The van der Waals surface area contributed by atoms with Gasteiger partial charge in [0.15, 0.2) is 11.5 Å². The van der Waals surface area contributed by atoms with Gasteiger partial charge in [0.25, 0.3) is 0 Å². The van der Waals surface area contributed by atoms with Gasteiger partial charge in [-0.05, 0) is 66.9 Å². The van der Waals surface area contributed by atoms with Crippen LogP contribution >= 0.6 is 23.2 Å². The third kappa shape index (κ3) is 5.78. The lowest BCUT2D eigenvalue weighted by Crippen LogP contribution is -2.02. The number of hydrogen-bond acceptors (Lipinski definition) is 4. The minimum absolute atomic E-state index is 0.217. The molecule has 0 spiro atoms. The molecule has 7 heteroatoms. The molecule has 0 heterocycles. The number of halogens is 2. The Labute approximate surface area is 190 Å².